The van der Waals surface area contributed by atoms with Crippen LogP contribution in [-0.4, -0.2) is 58.5 Å². The summed E-state index contributed by atoms with van der Waals surface area (Å²) in [5, 5.41) is 15.0. The van der Waals surface area contributed by atoms with Crippen LogP contribution in [0.2, 0.25) is 0 Å². The van der Waals surface area contributed by atoms with E-state index in [0.717, 1.165) is 48.7 Å². The molecule has 9 heteroatoms. The first-order chi connectivity index (χ1) is 15.8. The fourth-order valence-electron chi connectivity index (χ4n) is 4.05. The summed E-state index contributed by atoms with van der Waals surface area (Å²) < 4.78 is 0. The molecule has 0 saturated heterocycles. The Morgan fingerprint density at radius 1 is 1.03 bits per heavy atom. The van der Waals surface area contributed by atoms with Crippen LogP contribution < -0.4 is 16.4 Å². The number of hydrogen-bond donors (Lipinski definition) is 4. The van der Waals surface area contributed by atoms with Crippen LogP contribution in [-0.2, 0) is 6.42 Å². The number of hydrogen-bond acceptors (Lipinski definition) is 4. The quantitative estimate of drug-likeness (QED) is 0.341. The van der Waals surface area contributed by atoms with E-state index in [1.165, 1.54) is 16.7 Å². The minimum Gasteiger partial charge on any atom is -0.465 e. The van der Waals surface area contributed by atoms with E-state index in [0.29, 0.717) is 6.54 Å². The van der Waals surface area contributed by atoms with Crippen LogP contribution in [0.15, 0.2) is 48.5 Å². The topological polar surface area (TPSA) is 142 Å². The smallest absolute Gasteiger partial charge is 0.402 e. The number of aromatic amines is 1. The molecule has 3 amide bonds. The molecular formula is C24H30N6O3. The first kappa shape index (κ1) is 23.8. The number of likely N-dealkylation sites (N-methyl/N-ethyl adjacent to an activating group) is 1. The van der Waals surface area contributed by atoms with E-state index in [1.54, 1.807) is 4.90 Å². The Balaban J connectivity index is 0.000000709. The van der Waals surface area contributed by atoms with Gasteiger partial charge in [0.25, 0.3) is 0 Å². The van der Waals surface area contributed by atoms with E-state index in [-0.39, 0.29) is 0 Å². The Morgan fingerprint density at radius 2 is 1.67 bits per heavy atom. The van der Waals surface area contributed by atoms with Gasteiger partial charge >= 0.3 is 12.1 Å². The number of carboxylic acid groups (broad SMARTS) is 1. The number of benzene rings is 2. The lowest BCUT2D eigenvalue weighted by Crippen LogP contribution is -2.41. The highest BCUT2D eigenvalue weighted by molar-refractivity contribution is 5.91. The van der Waals surface area contributed by atoms with Crippen molar-refractivity contribution in [3.63, 3.8) is 0 Å². The number of H-pyrrole nitrogens is 1. The molecule has 2 aromatic carbocycles. The molecule has 0 atom stereocenters. The second kappa shape index (κ2) is 10.6. The standard InChI is InChI=1S/C23H27N5O.CH3NO2/c1-3-27(4-2)13-14-28(23(24)29)18-11-9-16(10-12-18)21-20-15-17-7-5-6-8-19(17)22(20)26-25-21;2-1(3)4/h5-12H,3-4,13-15H2,1-2H3,(H2,24,29)(H,25,26);2H2,(H,3,4). The number of urea groups is 1. The molecule has 0 aliphatic heterocycles. The largest absolute Gasteiger partial charge is 0.465 e. The van der Waals surface area contributed by atoms with Gasteiger partial charge in [-0.2, -0.15) is 5.10 Å². The molecule has 6 N–H and O–H groups in total. The minimum atomic E-state index is -1.33. The molecule has 0 fully saturated rings. The van der Waals surface area contributed by atoms with Gasteiger partial charge in [-0.05, 0) is 30.8 Å². The maximum absolute atomic E-state index is 12.0. The monoisotopic (exact) mass is 450 g/mol. The zero-order chi connectivity index (χ0) is 24.0. The van der Waals surface area contributed by atoms with Crippen molar-refractivity contribution in [2.45, 2.75) is 20.3 Å². The zero-order valence-electron chi connectivity index (χ0n) is 18.9. The normalized spacial score (nSPS) is 11.4. The van der Waals surface area contributed by atoms with Gasteiger partial charge in [0.2, 0.25) is 0 Å². The van der Waals surface area contributed by atoms with Gasteiger partial charge in [-0.15, -0.1) is 0 Å². The summed E-state index contributed by atoms with van der Waals surface area (Å²) in [6.07, 6.45) is -0.448. The fourth-order valence-corrected chi connectivity index (χ4v) is 4.05. The summed E-state index contributed by atoms with van der Waals surface area (Å²) in [6, 6.07) is 15.9. The number of fused-ring (bicyclic) bond motifs is 3. The summed E-state index contributed by atoms with van der Waals surface area (Å²) in [6.45, 7) is 7.51. The van der Waals surface area contributed by atoms with E-state index in [9.17, 15) is 4.79 Å². The molecular weight excluding hydrogens is 420 g/mol. The molecule has 4 rings (SSSR count). The van der Waals surface area contributed by atoms with E-state index in [4.69, 9.17) is 15.6 Å². The molecule has 0 saturated carbocycles. The predicted octanol–water partition coefficient (Wildman–Crippen LogP) is 3.50. The number of nitrogens with one attached hydrogen (secondary N) is 1. The van der Waals surface area contributed by atoms with Crippen molar-refractivity contribution in [3.05, 3.63) is 59.7 Å². The van der Waals surface area contributed by atoms with Crippen LogP contribution in [0.3, 0.4) is 0 Å². The molecule has 1 aromatic heterocycles. The number of anilines is 1. The van der Waals surface area contributed by atoms with Crippen molar-refractivity contribution in [2.24, 2.45) is 11.5 Å². The third-order valence-corrected chi connectivity index (χ3v) is 5.77. The Bertz CT molecular complexity index is 1100. The summed E-state index contributed by atoms with van der Waals surface area (Å²) >= 11 is 0. The molecule has 0 bridgehead atoms. The lowest BCUT2D eigenvalue weighted by atomic mass is 10.0. The molecule has 174 valence electrons. The van der Waals surface area contributed by atoms with E-state index in [1.807, 2.05) is 24.3 Å². The van der Waals surface area contributed by atoms with Crippen LogP contribution >= 0.6 is 0 Å². The summed E-state index contributed by atoms with van der Waals surface area (Å²) in [5.74, 6) is 0. The molecule has 33 heavy (non-hydrogen) atoms. The minimum absolute atomic E-state index is 0.430. The Hall–Kier alpha value is -3.85. The number of amides is 3. The number of carbonyl (C=O) groups excluding carboxylic acids is 1. The third-order valence-electron chi connectivity index (χ3n) is 5.77. The maximum atomic E-state index is 12.0. The number of nitrogens with two attached hydrogens (primary N) is 2. The average molecular weight is 451 g/mol. The van der Waals surface area contributed by atoms with Crippen molar-refractivity contribution >= 4 is 17.8 Å². The van der Waals surface area contributed by atoms with Crippen LogP contribution in [0, 0.1) is 0 Å². The third kappa shape index (κ3) is 5.50. The molecule has 0 radical (unpaired) electrons. The highest BCUT2D eigenvalue weighted by Crippen LogP contribution is 2.40. The molecule has 0 unspecified atom stereocenters. The number of carbonyl (C=O) groups is 2. The average Bonchev–Trinajstić information content (AvgIpc) is 3.36. The van der Waals surface area contributed by atoms with Gasteiger partial charge in [-0.1, -0.05) is 50.2 Å². The number of primary amides is 2. The highest BCUT2D eigenvalue weighted by atomic mass is 16.4. The number of nitrogens with zero attached hydrogens (tertiary/aromatic N) is 3. The van der Waals surface area contributed by atoms with Gasteiger partial charge in [0, 0.05) is 41.9 Å². The van der Waals surface area contributed by atoms with Gasteiger partial charge in [0.15, 0.2) is 0 Å². The Labute approximate surface area is 193 Å². The molecule has 1 aliphatic rings. The van der Waals surface area contributed by atoms with Crippen LogP contribution in [0.4, 0.5) is 15.3 Å². The Kier molecular flexibility index (Phi) is 7.68. The van der Waals surface area contributed by atoms with Crippen LogP contribution in [0.25, 0.3) is 22.5 Å². The van der Waals surface area contributed by atoms with E-state index >= 15 is 0 Å². The van der Waals surface area contributed by atoms with Gasteiger partial charge in [-0.3, -0.25) is 10.00 Å². The highest BCUT2D eigenvalue weighted by Gasteiger charge is 2.24. The van der Waals surface area contributed by atoms with E-state index in [2.05, 4.69) is 58.9 Å². The van der Waals surface area contributed by atoms with Crippen molar-refractivity contribution in [2.75, 3.05) is 31.1 Å². The number of aromatic nitrogens is 2. The maximum Gasteiger partial charge on any atom is 0.402 e. The summed E-state index contributed by atoms with van der Waals surface area (Å²) in [7, 11) is 0. The van der Waals surface area contributed by atoms with E-state index < -0.39 is 12.1 Å². The molecule has 9 nitrogen and oxygen atoms in total. The van der Waals surface area contributed by atoms with Gasteiger partial charge in [0.1, 0.15) is 0 Å². The summed E-state index contributed by atoms with van der Waals surface area (Å²) in [4.78, 5) is 24.7. The second-order valence-electron chi connectivity index (χ2n) is 7.66. The van der Waals surface area contributed by atoms with Crippen molar-refractivity contribution < 1.29 is 14.7 Å². The first-order valence-corrected chi connectivity index (χ1v) is 10.9. The van der Waals surface area contributed by atoms with Crippen LogP contribution in [0.5, 0.6) is 0 Å². The molecule has 3 aromatic rings. The number of rotatable bonds is 7. The van der Waals surface area contributed by atoms with Crippen molar-refractivity contribution in [1.82, 2.24) is 15.1 Å². The fraction of sp³-hybridized carbons (Fsp3) is 0.292. The van der Waals surface area contributed by atoms with Crippen molar-refractivity contribution in [1.29, 1.82) is 0 Å². The SMILES string of the molecule is CCN(CC)CCN(C(N)=O)c1ccc(-c2n[nH]c3c2Cc2ccccc2-3)cc1.NC(=O)O. The first-order valence-electron chi connectivity index (χ1n) is 10.9. The zero-order valence-corrected chi connectivity index (χ0v) is 18.9. The summed E-state index contributed by atoms with van der Waals surface area (Å²) in [5.41, 5.74) is 17.4. The lowest BCUT2D eigenvalue weighted by Gasteiger charge is -2.25. The lowest BCUT2D eigenvalue weighted by molar-refractivity contribution is 0.205. The van der Waals surface area contributed by atoms with Gasteiger partial charge in [0.05, 0.1) is 11.4 Å². The van der Waals surface area contributed by atoms with Gasteiger partial charge in [-0.25, -0.2) is 9.59 Å². The molecule has 1 heterocycles. The van der Waals surface area contributed by atoms with Gasteiger partial charge < -0.3 is 21.5 Å². The van der Waals surface area contributed by atoms with Crippen molar-refractivity contribution in [3.8, 4) is 22.5 Å². The molecule has 0 spiro atoms. The molecule has 1 aliphatic carbocycles. The Morgan fingerprint density at radius 3 is 2.27 bits per heavy atom. The van der Waals surface area contributed by atoms with Crippen LogP contribution in [0.1, 0.15) is 25.0 Å². The predicted molar refractivity (Wildman–Crippen MR) is 129 cm³/mol. The second-order valence-corrected chi connectivity index (χ2v) is 7.66.